The molecule has 0 spiro atoms. The van der Waals surface area contributed by atoms with Crippen LogP contribution in [-0.2, 0) is 22.0 Å². The molecule has 2 aromatic carbocycles. The van der Waals surface area contributed by atoms with Crippen LogP contribution in [0.5, 0.6) is 5.75 Å². The second-order valence-corrected chi connectivity index (χ2v) is 9.39. The van der Waals surface area contributed by atoms with Crippen molar-refractivity contribution in [1.29, 1.82) is 0 Å². The van der Waals surface area contributed by atoms with Gasteiger partial charge in [-0.25, -0.2) is 0 Å². The number of carbonyl (C=O) groups excluding carboxylic acids is 1. The van der Waals surface area contributed by atoms with Crippen LogP contribution >= 0.6 is 0 Å². The largest absolute Gasteiger partial charge is 0.425 e. The van der Waals surface area contributed by atoms with Crippen LogP contribution in [0.2, 0.25) is 0 Å². The second kappa shape index (κ2) is 6.26. The average Bonchev–Trinajstić information content (AvgIpc) is 2.88. The maximum atomic E-state index is 12.8. The Bertz CT molecular complexity index is 830. The van der Waals surface area contributed by atoms with Crippen molar-refractivity contribution in [3.05, 3.63) is 64.2 Å². The number of hydrogen-bond acceptors (Lipinski definition) is 2. The fraction of sp³-hybridized carbons (Fsp3) is 0.458. The Labute approximate surface area is 157 Å². The lowest BCUT2D eigenvalue weighted by Gasteiger charge is -2.27. The number of hydrogen-bond donors (Lipinski definition) is 0. The minimum atomic E-state index is -0.334. The van der Waals surface area contributed by atoms with E-state index in [-0.39, 0.29) is 22.7 Å². The fourth-order valence-electron chi connectivity index (χ4n) is 3.52. The Morgan fingerprint density at radius 3 is 2.04 bits per heavy atom. The summed E-state index contributed by atoms with van der Waals surface area (Å²) < 4.78 is 5.82. The van der Waals surface area contributed by atoms with Gasteiger partial charge in [0.2, 0.25) is 0 Å². The van der Waals surface area contributed by atoms with Crippen LogP contribution in [0.15, 0.2) is 36.4 Å². The van der Waals surface area contributed by atoms with Crippen molar-refractivity contribution in [3.8, 4) is 5.75 Å². The highest BCUT2D eigenvalue weighted by atomic mass is 16.5. The molecule has 1 atom stereocenters. The summed E-state index contributed by atoms with van der Waals surface area (Å²) in [6.45, 7) is 15.3. The number of rotatable bonds is 2. The first kappa shape index (κ1) is 18.7. The van der Waals surface area contributed by atoms with Crippen LogP contribution in [0, 0.1) is 0 Å². The molecule has 0 aromatic heterocycles. The Morgan fingerprint density at radius 1 is 0.923 bits per heavy atom. The molecule has 1 heterocycles. The zero-order chi connectivity index (χ0) is 19.3. The van der Waals surface area contributed by atoms with Gasteiger partial charge in [0.25, 0.3) is 0 Å². The molecule has 0 fully saturated rings. The first-order valence-corrected chi connectivity index (χ1v) is 9.52. The van der Waals surface area contributed by atoms with E-state index in [1.54, 1.807) is 0 Å². The zero-order valence-corrected chi connectivity index (χ0v) is 17.1. The van der Waals surface area contributed by atoms with Crippen LogP contribution in [0.3, 0.4) is 0 Å². The van der Waals surface area contributed by atoms with Crippen LogP contribution < -0.4 is 4.74 Å². The molecule has 2 aromatic rings. The predicted molar refractivity (Wildman–Crippen MR) is 107 cm³/mol. The summed E-state index contributed by atoms with van der Waals surface area (Å²) in [5.74, 6) is 0.264. The summed E-state index contributed by atoms with van der Waals surface area (Å²) >= 11 is 0. The number of esters is 1. The number of benzene rings is 2. The molecule has 0 saturated carbocycles. The number of ether oxygens (including phenoxy) is 1. The highest BCUT2D eigenvalue weighted by molar-refractivity contribution is 5.90. The van der Waals surface area contributed by atoms with E-state index in [9.17, 15) is 4.79 Å². The summed E-state index contributed by atoms with van der Waals surface area (Å²) in [6, 6.07) is 12.8. The maximum absolute atomic E-state index is 12.8. The SMILES string of the molecule is CCc1ccc(C2C(=O)Oc3c2cc(C(C)(C)C)cc3C(C)(C)C)cc1. The Kier molecular flexibility index (Phi) is 4.50. The topological polar surface area (TPSA) is 26.3 Å². The molecular formula is C24H30O2. The maximum Gasteiger partial charge on any atom is 0.323 e. The normalized spacial score (nSPS) is 17.2. The molecule has 138 valence electrons. The van der Waals surface area contributed by atoms with Crippen molar-refractivity contribution in [2.24, 2.45) is 0 Å². The highest BCUT2D eigenvalue weighted by Crippen LogP contribution is 2.47. The molecule has 2 nitrogen and oxygen atoms in total. The van der Waals surface area contributed by atoms with E-state index in [2.05, 4.69) is 84.9 Å². The van der Waals surface area contributed by atoms with Crippen molar-refractivity contribution >= 4 is 5.97 Å². The molecule has 0 aliphatic carbocycles. The molecule has 1 unspecified atom stereocenters. The van der Waals surface area contributed by atoms with Gasteiger partial charge in [0.1, 0.15) is 11.7 Å². The van der Waals surface area contributed by atoms with Crippen molar-refractivity contribution < 1.29 is 9.53 Å². The summed E-state index contributed by atoms with van der Waals surface area (Å²) in [7, 11) is 0. The van der Waals surface area contributed by atoms with Crippen molar-refractivity contribution in [1.82, 2.24) is 0 Å². The Morgan fingerprint density at radius 2 is 1.54 bits per heavy atom. The molecule has 0 radical (unpaired) electrons. The van der Waals surface area contributed by atoms with E-state index >= 15 is 0 Å². The van der Waals surface area contributed by atoms with E-state index in [4.69, 9.17) is 4.74 Å². The third kappa shape index (κ3) is 3.30. The third-order valence-electron chi connectivity index (χ3n) is 5.26. The quantitative estimate of drug-likeness (QED) is 0.498. The second-order valence-electron chi connectivity index (χ2n) is 9.39. The summed E-state index contributed by atoms with van der Waals surface area (Å²) in [6.07, 6.45) is 0.994. The molecule has 0 saturated heterocycles. The number of carbonyl (C=O) groups is 1. The molecule has 2 heteroatoms. The average molecular weight is 351 g/mol. The van der Waals surface area contributed by atoms with Crippen LogP contribution in [-0.4, -0.2) is 5.97 Å². The van der Waals surface area contributed by atoms with E-state index < -0.39 is 0 Å². The first-order valence-electron chi connectivity index (χ1n) is 9.52. The smallest absolute Gasteiger partial charge is 0.323 e. The fourth-order valence-corrected chi connectivity index (χ4v) is 3.52. The van der Waals surface area contributed by atoms with Crippen LogP contribution in [0.25, 0.3) is 0 Å². The summed E-state index contributed by atoms with van der Waals surface area (Å²) in [5, 5.41) is 0. The van der Waals surface area contributed by atoms with Crippen LogP contribution in [0.1, 0.15) is 82.2 Å². The van der Waals surface area contributed by atoms with E-state index in [0.29, 0.717) is 0 Å². The van der Waals surface area contributed by atoms with Crippen molar-refractivity contribution in [2.75, 3.05) is 0 Å². The number of fused-ring (bicyclic) bond motifs is 1. The lowest BCUT2D eigenvalue weighted by Crippen LogP contribution is -2.17. The van der Waals surface area contributed by atoms with Gasteiger partial charge in [0.05, 0.1) is 0 Å². The van der Waals surface area contributed by atoms with Gasteiger partial charge in [-0.3, -0.25) is 4.79 Å². The standard InChI is InChI=1S/C24H30O2/c1-8-15-9-11-16(12-10-15)20-18-13-17(23(2,3)4)14-19(24(5,6)7)21(18)26-22(20)25/h9-14,20H,8H2,1-7H3. The van der Waals surface area contributed by atoms with Gasteiger partial charge in [-0.2, -0.15) is 0 Å². The van der Waals surface area contributed by atoms with Gasteiger partial charge in [-0.05, 0) is 33.9 Å². The monoisotopic (exact) mass is 350 g/mol. The van der Waals surface area contributed by atoms with Gasteiger partial charge < -0.3 is 4.74 Å². The van der Waals surface area contributed by atoms with Crippen molar-refractivity contribution in [2.45, 2.75) is 71.6 Å². The zero-order valence-electron chi connectivity index (χ0n) is 17.1. The number of aryl methyl sites for hydroxylation is 1. The molecule has 0 bridgehead atoms. The third-order valence-corrected chi connectivity index (χ3v) is 5.26. The lowest BCUT2D eigenvalue weighted by atomic mass is 9.77. The molecule has 26 heavy (non-hydrogen) atoms. The van der Waals surface area contributed by atoms with E-state index in [1.165, 1.54) is 11.1 Å². The van der Waals surface area contributed by atoms with Crippen molar-refractivity contribution in [3.63, 3.8) is 0 Å². The lowest BCUT2D eigenvalue weighted by molar-refractivity contribution is -0.133. The minimum Gasteiger partial charge on any atom is -0.425 e. The Balaban J connectivity index is 2.21. The van der Waals surface area contributed by atoms with Gasteiger partial charge in [-0.15, -0.1) is 0 Å². The van der Waals surface area contributed by atoms with Crippen LogP contribution in [0.4, 0.5) is 0 Å². The molecular weight excluding hydrogens is 320 g/mol. The molecule has 1 aliphatic heterocycles. The minimum absolute atomic E-state index is 0.0112. The van der Waals surface area contributed by atoms with Gasteiger partial charge in [0, 0.05) is 11.1 Å². The van der Waals surface area contributed by atoms with Gasteiger partial charge in [0.15, 0.2) is 0 Å². The predicted octanol–water partition coefficient (Wildman–Crippen LogP) is 5.89. The molecule has 3 rings (SSSR count). The Hall–Kier alpha value is -2.09. The van der Waals surface area contributed by atoms with Gasteiger partial charge >= 0.3 is 5.97 Å². The summed E-state index contributed by atoms with van der Waals surface area (Å²) in [4.78, 5) is 12.8. The molecule has 0 amide bonds. The first-order chi connectivity index (χ1) is 12.0. The van der Waals surface area contributed by atoms with E-state index in [0.717, 1.165) is 28.9 Å². The molecule has 0 N–H and O–H groups in total. The highest BCUT2D eigenvalue weighted by Gasteiger charge is 2.39. The van der Waals surface area contributed by atoms with Gasteiger partial charge in [-0.1, -0.05) is 84.9 Å². The summed E-state index contributed by atoms with van der Waals surface area (Å²) in [5.41, 5.74) is 5.58. The van der Waals surface area contributed by atoms with E-state index in [1.807, 2.05) is 0 Å². The molecule has 1 aliphatic rings.